The van der Waals surface area contributed by atoms with Gasteiger partial charge in [0.15, 0.2) is 0 Å². The van der Waals surface area contributed by atoms with Gasteiger partial charge in [-0.1, -0.05) is 0 Å². The Bertz CT molecular complexity index is 580. The molecule has 0 amide bonds. The molecule has 100 valence electrons. The molecule has 2 aromatic rings. The fourth-order valence-corrected chi connectivity index (χ4v) is 3.22. The van der Waals surface area contributed by atoms with Crippen molar-refractivity contribution < 1.29 is 0 Å². The maximum atomic E-state index is 4.60. The van der Waals surface area contributed by atoms with Gasteiger partial charge in [-0.25, -0.2) is 9.97 Å². The van der Waals surface area contributed by atoms with Gasteiger partial charge in [0.25, 0.3) is 0 Å². The predicted octanol–water partition coefficient (Wildman–Crippen LogP) is 3.83. The van der Waals surface area contributed by atoms with Gasteiger partial charge in [0.1, 0.15) is 17.5 Å². The monoisotopic (exact) mass is 338 g/mol. The van der Waals surface area contributed by atoms with Crippen LogP contribution in [0.25, 0.3) is 0 Å². The first-order valence-electron chi connectivity index (χ1n) is 6.28. The highest BCUT2D eigenvalue weighted by molar-refractivity contribution is 9.10. The maximum absolute atomic E-state index is 4.60. The standard InChI is InChI=1S/C13H15BrN4S/c1-15-11-5-12(18-13(17-11)8-2-3-8)16-6-10-4-9(14)7-19-10/h4-5,7-8H,2-3,6H2,1H3,(H2,15,16,17,18). The summed E-state index contributed by atoms with van der Waals surface area (Å²) >= 11 is 5.20. The van der Waals surface area contributed by atoms with Crippen LogP contribution in [-0.2, 0) is 6.54 Å². The first kappa shape index (κ1) is 12.9. The summed E-state index contributed by atoms with van der Waals surface area (Å²) in [6.45, 7) is 0.792. The van der Waals surface area contributed by atoms with Crippen molar-refractivity contribution in [2.75, 3.05) is 17.7 Å². The minimum Gasteiger partial charge on any atom is -0.373 e. The van der Waals surface area contributed by atoms with Crippen molar-refractivity contribution in [3.05, 3.63) is 32.7 Å². The van der Waals surface area contributed by atoms with Gasteiger partial charge in [-0.2, -0.15) is 0 Å². The van der Waals surface area contributed by atoms with Crippen molar-refractivity contribution in [2.24, 2.45) is 0 Å². The smallest absolute Gasteiger partial charge is 0.136 e. The van der Waals surface area contributed by atoms with E-state index in [9.17, 15) is 0 Å². The molecule has 2 aromatic heterocycles. The molecule has 0 bridgehead atoms. The number of halogens is 1. The lowest BCUT2D eigenvalue weighted by Crippen LogP contribution is -2.05. The molecule has 0 unspecified atom stereocenters. The Kier molecular flexibility index (Phi) is 3.70. The zero-order valence-corrected chi connectivity index (χ0v) is 13.0. The largest absolute Gasteiger partial charge is 0.373 e. The average Bonchev–Trinajstić information content (AvgIpc) is 3.19. The second kappa shape index (κ2) is 5.46. The number of thiophene rings is 1. The van der Waals surface area contributed by atoms with Crippen LogP contribution < -0.4 is 10.6 Å². The number of aromatic nitrogens is 2. The molecule has 0 atom stereocenters. The highest BCUT2D eigenvalue weighted by atomic mass is 79.9. The molecule has 0 aliphatic heterocycles. The molecule has 2 heterocycles. The van der Waals surface area contributed by atoms with Crippen LogP contribution in [0.3, 0.4) is 0 Å². The normalized spacial score (nSPS) is 14.4. The lowest BCUT2D eigenvalue weighted by atomic mass is 10.3. The minimum atomic E-state index is 0.560. The fraction of sp³-hybridized carbons (Fsp3) is 0.385. The summed E-state index contributed by atoms with van der Waals surface area (Å²) in [5.41, 5.74) is 0. The summed E-state index contributed by atoms with van der Waals surface area (Å²) in [5, 5.41) is 8.56. The van der Waals surface area contributed by atoms with E-state index >= 15 is 0 Å². The first-order valence-corrected chi connectivity index (χ1v) is 7.95. The molecular formula is C13H15BrN4S. The zero-order chi connectivity index (χ0) is 13.2. The molecule has 19 heavy (non-hydrogen) atoms. The Balaban J connectivity index is 1.74. The van der Waals surface area contributed by atoms with E-state index in [2.05, 4.69) is 48.0 Å². The Labute approximate surface area is 124 Å². The van der Waals surface area contributed by atoms with Crippen LogP contribution in [0.15, 0.2) is 22.0 Å². The Morgan fingerprint density at radius 1 is 1.32 bits per heavy atom. The van der Waals surface area contributed by atoms with E-state index in [0.29, 0.717) is 5.92 Å². The predicted molar refractivity (Wildman–Crippen MR) is 82.9 cm³/mol. The van der Waals surface area contributed by atoms with Crippen LogP contribution in [-0.4, -0.2) is 17.0 Å². The second-order valence-corrected chi connectivity index (χ2v) is 6.52. The van der Waals surface area contributed by atoms with Crippen molar-refractivity contribution in [2.45, 2.75) is 25.3 Å². The third kappa shape index (κ3) is 3.25. The van der Waals surface area contributed by atoms with Gasteiger partial charge in [-0.15, -0.1) is 11.3 Å². The number of nitrogens with one attached hydrogen (secondary N) is 2. The number of nitrogens with zero attached hydrogens (tertiary/aromatic N) is 2. The quantitative estimate of drug-likeness (QED) is 0.869. The Morgan fingerprint density at radius 2 is 2.11 bits per heavy atom. The SMILES string of the molecule is CNc1cc(NCc2cc(Br)cs2)nc(C2CC2)n1. The lowest BCUT2D eigenvalue weighted by molar-refractivity contribution is 0.924. The highest BCUT2D eigenvalue weighted by Crippen LogP contribution is 2.38. The van der Waals surface area contributed by atoms with Crippen LogP contribution in [0.4, 0.5) is 11.6 Å². The molecule has 0 aromatic carbocycles. The molecule has 0 saturated heterocycles. The van der Waals surface area contributed by atoms with E-state index in [1.807, 2.05) is 13.1 Å². The summed E-state index contributed by atoms with van der Waals surface area (Å²) in [4.78, 5) is 10.4. The fourth-order valence-electron chi connectivity index (χ4n) is 1.83. The van der Waals surface area contributed by atoms with E-state index in [1.165, 1.54) is 17.7 Å². The second-order valence-electron chi connectivity index (χ2n) is 4.61. The van der Waals surface area contributed by atoms with E-state index in [-0.39, 0.29) is 0 Å². The molecule has 1 fully saturated rings. The van der Waals surface area contributed by atoms with Crippen molar-refractivity contribution in [3.8, 4) is 0 Å². The van der Waals surface area contributed by atoms with Crippen LogP contribution in [0, 0.1) is 0 Å². The van der Waals surface area contributed by atoms with Gasteiger partial charge in [0.05, 0.1) is 6.54 Å². The van der Waals surface area contributed by atoms with Gasteiger partial charge in [-0.3, -0.25) is 0 Å². The molecular weight excluding hydrogens is 324 g/mol. The molecule has 0 spiro atoms. The molecule has 0 radical (unpaired) electrons. The summed E-state index contributed by atoms with van der Waals surface area (Å²) in [6, 6.07) is 4.08. The van der Waals surface area contributed by atoms with E-state index < -0.39 is 0 Å². The third-order valence-electron chi connectivity index (χ3n) is 3.01. The number of hydrogen-bond donors (Lipinski definition) is 2. The molecule has 1 aliphatic carbocycles. The maximum Gasteiger partial charge on any atom is 0.136 e. The molecule has 6 heteroatoms. The average molecular weight is 339 g/mol. The Hall–Kier alpha value is -1.14. The van der Waals surface area contributed by atoms with Crippen LogP contribution in [0.5, 0.6) is 0 Å². The van der Waals surface area contributed by atoms with Crippen molar-refractivity contribution >= 4 is 38.9 Å². The van der Waals surface area contributed by atoms with E-state index in [1.54, 1.807) is 11.3 Å². The van der Waals surface area contributed by atoms with Crippen LogP contribution in [0.1, 0.15) is 29.5 Å². The van der Waals surface area contributed by atoms with Crippen molar-refractivity contribution in [1.82, 2.24) is 9.97 Å². The van der Waals surface area contributed by atoms with Gasteiger partial charge in [0, 0.05) is 33.8 Å². The van der Waals surface area contributed by atoms with Crippen LogP contribution >= 0.6 is 27.3 Å². The van der Waals surface area contributed by atoms with Crippen molar-refractivity contribution in [3.63, 3.8) is 0 Å². The topological polar surface area (TPSA) is 49.8 Å². The van der Waals surface area contributed by atoms with Gasteiger partial charge < -0.3 is 10.6 Å². The summed E-state index contributed by atoms with van der Waals surface area (Å²) in [7, 11) is 1.89. The van der Waals surface area contributed by atoms with Crippen LogP contribution in [0.2, 0.25) is 0 Å². The van der Waals surface area contributed by atoms with Crippen molar-refractivity contribution in [1.29, 1.82) is 0 Å². The van der Waals surface area contributed by atoms with Gasteiger partial charge in [-0.05, 0) is 34.8 Å². The van der Waals surface area contributed by atoms with E-state index in [0.717, 1.165) is 28.5 Å². The molecule has 3 rings (SSSR count). The summed E-state index contributed by atoms with van der Waals surface area (Å²) < 4.78 is 1.13. The third-order valence-corrected chi connectivity index (χ3v) is 4.71. The zero-order valence-electron chi connectivity index (χ0n) is 10.6. The first-order chi connectivity index (χ1) is 9.24. The summed E-state index contributed by atoms with van der Waals surface area (Å²) in [5.74, 6) is 3.30. The summed E-state index contributed by atoms with van der Waals surface area (Å²) in [6.07, 6.45) is 2.43. The lowest BCUT2D eigenvalue weighted by Gasteiger charge is -2.08. The Morgan fingerprint density at radius 3 is 2.74 bits per heavy atom. The number of hydrogen-bond acceptors (Lipinski definition) is 5. The number of anilines is 2. The van der Waals surface area contributed by atoms with Gasteiger partial charge >= 0.3 is 0 Å². The van der Waals surface area contributed by atoms with Gasteiger partial charge in [0.2, 0.25) is 0 Å². The minimum absolute atomic E-state index is 0.560. The molecule has 4 nitrogen and oxygen atoms in total. The number of rotatable bonds is 5. The molecule has 1 aliphatic rings. The molecule has 1 saturated carbocycles. The van der Waals surface area contributed by atoms with E-state index in [4.69, 9.17) is 0 Å². The molecule has 2 N–H and O–H groups in total. The highest BCUT2D eigenvalue weighted by Gasteiger charge is 2.27.